The van der Waals surface area contributed by atoms with Gasteiger partial charge in [-0.15, -0.1) is 24.0 Å². The number of benzene rings is 2. The van der Waals surface area contributed by atoms with E-state index in [1.165, 1.54) is 0 Å². The van der Waals surface area contributed by atoms with Crippen molar-refractivity contribution in [3.05, 3.63) is 53.1 Å². The third-order valence-corrected chi connectivity index (χ3v) is 4.47. The highest BCUT2D eigenvalue weighted by Crippen LogP contribution is 2.27. The standard InChI is InChI=1S/C21H29ClN4O3.HI/c1-26(9-11-27-2)10-12-29-18-6-4-5-16(13-18)15-24-21(23)25-17-7-8-20(28-3)19(22)14-17;/h4-8,13-14H,9-12,15H2,1-3H3,(H3,23,24,25);1H. The maximum Gasteiger partial charge on any atom is 0.193 e. The van der Waals surface area contributed by atoms with Crippen LogP contribution >= 0.6 is 35.6 Å². The summed E-state index contributed by atoms with van der Waals surface area (Å²) in [6.07, 6.45) is 0. The van der Waals surface area contributed by atoms with Crippen molar-refractivity contribution >= 4 is 47.2 Å². The second-order valence-corrected chi connectivity index (χ2v) is 6.87. The molecule has 2 aromatic carbocycles. The van der Waals surface area contributed by atoms with Crippen LogP contribution in [-0.4, -0.2) is 58.4 Å². The van der Waals surface area contributed by atoms with E-state index in [2.05, 4.69) is 15.2 Å². The van der Waals surface area contributed by atoms with Gasteiger partial charge in [0.1, 0.15) is 18.1 Å². The first-order valence-corrected chi connectivity index (χ1v) is 9.69. The summed E-state index contributed by atoms with van der Waals surface area (Å²) in [7, 11) is 5.31. The number of hydrogen-bond acceptors (Lipinski definition) is 5. The van der Waals surface area contributed by atoms with Crippen molar-refractivity contribution in [1.29, 1.82) is 0 Å². The number of rotatable bonds is 11. The maximum atomic E-state index is 6.12. The molecule has 0 aromatic heterocycles. The number of aliphatic imine (C=N–C) groups is 1. The second kappa shape index (κ2) is 14.3. The molecule has 0 saturated heterocycles. The minimum Gasteiger partial charge on any atom is -0.495 e. The lowest BCUT2D eigenvalue weighted by atomic mass is 10.2. The normalized spacial score (nSPS) is 11.2. The van der Waals surface area contributed by atoms with Gasteiger partial charge in [0.05, 0.1) is 25.3 Å². The van der Waals surface area contributed by atoms with E-state index < -0.39 is 0 Å². The van der Waals surface area contributed by atoms with Crippen LogP contribution in [0.1, 0.15) is 5.56 Å². The lowest BCUT2D eigenvalue weighted by Crippen LogP contribution is -2.27. The Labute approximate surface area is 200 Å². The van der Waals surface area contributed by atoms with Crippen LogP contribution in [0.5, 0.6) is 11.5 Å². The summed E-state index contributed by atoms with van der Waals surface area (Å²) in [5.41, 5.74) is 7.73. The molecule has 0 aliphatic heterocycles. The van der Waals surface area contributed by atoms with E-state index in [4.69, 9.17) is 31.5 Å². The van der Waals surface area contributed by atoms with Gasteiger partial charge >= 0.3 is 0 Å². The molecule has 7 nitrogen and oxygen atoms in total. The van der Waals surface area contributed by atoms with E-state index in [-0.39, 0.29) is 24.0 Å². The molecule has 0 aliphatic rings. The van der Waals surface area contributed by atoms with E-state index in [9.17, 15) is 0 Å². The Morgan fingerprint density at radius 1 is 1.13 bits per heavy atom. The molecule has 0 amide bonds. The van der Waals surface area contributed by atoms with Gasteiger partial charge in [-0.3, -0.25) is 0 Å². The first-order chi connectivity index (χ1) is 14.0. The molecule has 2 rings (SSSR count). The molecule has 0 heterocycles. The second-order valence-electron chi connectivity index (χ2n) is 6.47. The molecular weight excluding hydrogens is 519 g/mol. The Balaban J connectivity index is 0.00000450. The van der Waals surface area contributed by atoms with Crippen LogP contribution in [0.3, 0.4) is 0 Å². The highest BCUT2D eigenvalue weighted by Gasteiger charge is 2.03. The van der Waals surface area contributed by atoms with E-state index in [1.54, 1.807) is 26.4 Å². The van der Waals surface area contributed by atoms with Crippen LogP contribution in [0.4, 0.5) is 5.69 Å². The summed E-state index contributed by atoms with van der Waals surface area (Å²) in [6, 6.07) is 13.2. The largest absolute Gasteiger partial charge is 0.495 e. The van der Waals surface area contributed by atoms with Crippen LogP contribution in [0.2, 0.25) is 5.02 Å². The maximum absolute atomic E-state index is 6.12. The van der Waals surface area contributed by atoms with Gasteiger partial charge in [-0.05, 0) is 42.9 Å². The minimum atomic E-state index is 0. The first kappa shape index (κ1) is 26.3. The fraction of sp³-hybridized carbons (Fsp3) is 0.381. The van der Waals surface area contributed by atoms with Crippen molar-refractivity contribution < 1.29 is 14.2 Å². The number of likely N-dealkylation sites (N-methyl/N-ethyl adjacent to an activating group) is 1. The van der Waals surface area contributed by atoms with Crippen molar-refractivity contribution in [3.63, 3.8) is 0 Å². The van der Waals surface area contributed by atoms with Gasteiger partial charge < -0.3 is 30.2 Å². The van der Waals surface area contributed by atoms with E-state index in [1.807, 2.05) is 37.4 Å². The third-order valence-electron chi connectivity index (χ3n) is 4.17. The third kappa shape index (κ3) is 9.38. The van der Waals surface area contributed by atoms with E-state index >= 15 is 0 Å². The lowest BCUT2D eigenvalue weighted by Gasteiger charge is -2.16. The van der Waals surface area contributed by atoms with Gasteiger partial charge in [-0.2, -0.15) is 0 Å². The van der Waals surface area contributed by atoms with Crippen molar-refractivity contribution in [3.8, 4) is 11.5 Å². The molecule has 0 atom stereocenters. The Kier molecular flexibility index (Phi) is 12.5. The van der Waals surface area contributed by atoms with Crippen LogP contribution < -0.4 is 20.5 Å². The number of hydrogen-bond donors (Lipinski definition) is 2. The summed E-state index contributed by atoms with van der Waals surface area (Å²) in [5, 5.41) is 3.53. The van der Waals surface area contributed by atoms with Crippen LogP contribution in [0, 0.1) is 0 Å². The van der Waals surface area contributed by atoms with Crippen LogP contribution in [0.25, 0.3) is 0 Å². The molecule has 0 unspecified atom stereocenters. The average molecular weight is 549 g/mol. The van der Waals surface area contributed by atoms with Gasteiger partial charge in [0.15, 0.2) is 5.96 Å². The molecule has 2 aromatic rings. The summed E-state index contributed by atoms with van der Waals surface area (Å²) in [5.74, 6) is 1.72. The van der Waals surface area contributed by atoms with Crippen LogP contribution in [-0.2, 0) is 11.3 Å². The molecule has 0 fully saturated rings. The molecule has 0 spiro atoms. The van der Waals surface area contributed by atoms with Gasteiger partial charge in [-0.1, -0.05) is 23.7 Å². The summed E-state index contributed by atoms with van der Waals surface area (Å²) in [6.45, 7) is 3.46. The number of anilines is 1. The quantitative estimate of drug-likeness (QED) is 0.252. The minimum absolute atomic E-state index is 0. The topological polar surface area (TPSA) is 81.3 Å². The van der Waals surface area contributed by atoms with Gasteiger partial charge in [-0.25, -0.2) is 4.99 Å². The summed E-state index contributed by atoms with van der Waals surface area (Å²) in [4.78, 5) is 6.54. The van der Waals surface area contributed by atoms with E-state index in [0.29, 0.717) is 36.5 Å². The smallest absolute Gasteiger partial charge is 0.193 e. The summed E-state index contributed by atoms with van der Waals surface area (Å²) >= 11 is 6.12. The number of ether oxygens (including phenoxy) is 3. The number of nitrogens with zero attached hydrogens (tertiary/aromatic N) is 2. The predicted molar refractivity (Wildman–Crippen MR) is 134 cm³/mol. The van der Waals surface area contributed by atoms with Gasteiger partial charge in [0.25, 0.3) is 0 Å². The molecule has 0 saturated carbocycles. The van der Waals surface area contributed by atoms with Crippen LogP contribution in [0.15, 0.2) is 47.5 Å². The molecule has 3 N–H and O–H groups in total. The Morgan fingerprint density at radius 2 is 1.90 bits per heavy atom. The van der Waals surface area contributed by atoms with E-state index in [0.717, 1.165) is 30.1 Å². The fourth-order valence-electron chi connectivity index (χ4n) is 2.52. The van der Waals surface area contributed by atoms with Gasteiger partial charge in [0, 0.05) is 25.9 Å². The highest BCUT2D eigenvalue weighted by molar-refractivity contribution is 14.0. The number of nitrogens with one attached hydrogen (secondary N) is 1. The summed E-state index contributed by atoms with van der Waals surface area (Å²) < 4.78 is 16.0. The zero-order chi connectivity index (χ0) is 21.1. The number of nitrogens with two attached hydrogens (primary N) is 1. The SMILES string of the molecule is COCCN(C)CCOc1cccc(CN=C(N)Nc2ccc(OC)c(Cl)c2)c1.I. The zero-order valence-electron chi connectivity index (χ0n) is 17.6. The molecule has 0 aliphatic carbocycles. The molecule has 9 heteroatoms. The zero-order valence-corrected chi connectivity index (χ0v) is 20.6. The van der Waals surface area contributed by atoms with Gasteiger partial charge in [0.2, 0.25) is 0 Å². The van der Waals surface area contributed by atoms with Crippen molar-refractivity contribution in [2.75, 3.05) is 52.9 Å². The molecule has 30 heavy (non-hydrogen) atoms. The van der Waals surface area contributed by atoms with Crippen molar-refractivity contribution in [2.24, 2.45) is 10.7 Å². The predicted octanol–water partition coefficient (Wildman–Crippen LogP) is 3.85. The number of guanidine groups is 1. The highest BCUT2D eigenvalue weighted by atomic mass is 127. The Hall–Kier alpha value is -1.75. The number of methoxy groups -OCH3 is 2. The lowest BCUT2D eigenvalue weighted by molar-refractivity contribution is 0.150. The van der Waals surface area contributed by atoms with Crippen molar-refractivity contribution in [2.45, 2.75) is 6.54 Å². The average Bonchev–Trinajstić information content (AvgIpc) is 2.71. The van der Waals surface area contributed by atoms with Crippen molar-refractivity contribution in [1.82, 2.24) is 4.90 Å². The molecule has 0 radical (unpaired) electrons. The molecule has 0 bridgehead atoms. The Morgan fingerprint density at radius 3 is 2.60 bits per heavy atom. The number of halogens is 2. The monoisotopic (exact) mass is 548 g/mol. The molecule has 166 valence electrons. The molecular formula is C21H30ClIN4O3. The fourth-order valence-corrected chi connectivity index (χ4v) is 2.78. The Bertz CT molecular complexity index is 808. The first-order valence-electron chi connectivity index (χ1n) is 9.31.